The number of esters is 1. The summed E-state index contributed by atoms with van der Waals surface area (Å²) in [6.45, 7) is 2.24. The Balaban J connectivity index is 1.65. The van der Waals surface area contributed by atoms with Crippen LogP contribution >= 0.6 is 0 Å². The topological polar surface area (TPSA) is 78.9 Å². The molecule has 2 saturated heterocycles. The summed E-state index contributed by atoms with van der Waals surface area (Å²) in [7, 11) is -3.56. The third-order valence-corrected chi connectivity index (χ3v) is 6.73. The van der Waals surface area contributed by atoms with Gasteiger partial charge in [0.2, 0.25) is 0 Å². The summed E-state index contributed by atoms with van der Waals surface area (Å²) in [5.74, 6) is -0.178. The molecule has 2 rings (SSSR count). The molecule has 0 aromatic carbocycles. The Morgan fingerprint density at radius 3 is 2.29 bits per heavy atom. The molecule has 6 nitrogen and oxygen atoms in total. The molecule has 180 valence electrons. The minimum Gasteiger partial charge on any atom is -0.460 e. The van der Waals surface area contributed by atoms with Crippen molar-refractivity contribution in [2.24, 2.45) is 0 Å². The largest absolute Gasteiger partial charge is 0.460 e. The van der Waals surface area contributed by atoms with Crippen LogP contribution in [0.2, 0.25) is 0 Å². The molecule has 0 aromatic rings. The number of unbranched alkanes of at least 4 members (excludes halogenated alkanes) is 8. The Morgan fingerprint density at radius 2 is 1.65 bits per heavy atom. The molecule has 0 aromatic heterocycles. The van der Waals surface area contributed by atoms with Gasteiger partial charge in [-0.25, -0.2) is 0 Å². The molecule has 2 aliphatic rings. The quantitative estimate of drug-likeness (QED) is 0.132. The Morgan fingerprint density at radius 1 is 0.968 bits per heavy atom. The van der Waals surface area contributed by atoms with Gasteiger partial charge < -0.3 is 9.47 Å². The van der Waals surface area contributed by atoms with Crippen molar-refractivity contribution >= 4 is 16.1 Å². The lowest BCUT2D eigenvalue weighted by Gasteiger charge is -2.24. The first-order chi connectivity index (χ1) is 14.9. The van der Waals surface area contributed by atoms with Gasteiger partial charge in [0.05, 0.1) is 18.5 Å². The van der Waals surface area contributed by atoms with Gasteiger partial charge >= 0.3 is 5.97 Å². The smallest absolute Gasteiger partial charge is 0.306 e. The third-order valence-electron chi connectivity index (χ3n) is 6.14. The van der Waals surface area contributed by atoms with E-state index in [4.69, 9.17) is 13.7 Å². The number of hydrogen-bond donors (Lipinski definition) is 0. The molecule has 7 heteroatoms. The zero-order chi connectivity index (χ0) is 22.5. The summed E-state index contributed by atoms with van der Waals surface area (Å²) < 4.78 is 40.2. The van der Waals surface area contributed by atoms with Crippen molar-refractivity contribution in [1.29, 1.82) is 0 Å². The predicted octanol–water partition coefficient (Wildman–Crippen LogP) is 5.45. The van der Waals surface area contributed by atoms with E-state index in [-0.39, 0.29) is 24.3 Å². The lowest BCUT2D eigenvalue weighted by atomic mass is 10.0. The molecule has 0 amide bonds. The van der Waals surface area contributed by atoms with Crippen molar-refractivity contribution in [2.75, 3.05) is 6.26 Å². The SMILES string of the molecule is CCCCCCCCCC/C=C/CC[C@H](OS(C)(=O)=O)[C@H]1CC[C@H]([C@H]2CCC(=O)O2)O1. The molecule has 2 fully saturated rings. The van der Waals surface area contributed by atoms with Crippen molar-refractivity contribution < 1.29 is 26.9 Å². The fraction of sp³-hybridized carbons (Fsp3) is 0.875. The number of allylic oxidation sites excluding steroid dienone is 2. The van der Waals surface area contributed by atoms with Gasteiger partial charge in [-0.3, -0.25) is 8.98 Å². The van der Waals surface area contributed by atoms with Crippen LogP contribution in [0.1, 0.15) is 103 Å². The molecule has 0 bridgehead atoms. The van der Waals surface area contributed by atoms with Gasteiger partial charge in [0, 0.05) is 6.42 Å². The van der Waals surface area contributed by atoms with E-state index in [1.165, 1.54) is 51.4 Å². The molecule has 0 saturated carbocycles. The van der Waals surface area contributed by atoms with E-state index in [0.717, 1.165) is 31.9 Å². The predicted molar refractivity (Wildman–Crippen MR) is 122 cm³/mol. The van der Waals surface area contributed by atoms with Crippen molar-refractivity contribution in [3.63, 3.8) is 0 Å². The first-order valence-corrected chi connectivity index (χ1v) is 14.1. The highest BCUT2D eigenvalue weighted by Gasteiger charge is 2.40. The third kappa shape index (κ3) is 11.0. The molecule has 0 radical (unpaired) electrons. The summed E-state index contributed by atoms with van der Waals surface area (Å²) >= 11 is 0. The number of cyclic esters (lactones) is 1. The maximum absolute atomic E-state index is 11.7. The first-order valence-electron chi connectivity index (χ1n) is 12.3. The normalized spacial score (nSPS) is 25.4. The zero-order valence-electron chi connectivity index (χ0n) is 19.4. The van der Waals surface area contributed by atoms with Gasteiger partial charge in [-0.1, -0.05) is 64.0 Å². The summed E-state index contributed by atoms with van der Waals surface area (Å²) in [6.07, 6.45) is 19.8. The Labute approximate surface area is 189 Å². The lowest BCUT2D eigenvalue weighted by Crippen LogP contribution is -2.33. The van der Waals surface area contributed by atoms with E-state index in [9.17, 15) is 13.2 Å². The fourth-order valence-electron chi connectivity index (χ4n) is 4.46. The van der Waals surface area contributed by atoms with E-state index in [0.29, 0.717) is 19.3 Å². The van der Waals surface area contributed by atoms with E-state index < -0.39 is 16.2 Å². The van der Waals surface area contributed by atoms with E-state index in [2.05, 4.69) is 19.1 Å². The number of hydrogen-bond acceptors (Lipinski definition) is 6. The molecule has 2 heterocycles. The summed E-state index contributed by atoms with van der Waals surface area (Å²) in [5, 5.41) is 0. The second kappa shape index (κ2) is 14.3. The molecule has 4 atom stereocenters. The molecular weight excluding hydrogens is 416 g/mol. The average Bonchev–Trinajstić information content (AvgIpc) is 3.36. The molecule has 0 spiro atoms. The molecule has 0 N–H and O–H groups in total. The maximum Gasteiger partial charge on any atom is 0.306 e. The number of carbonyl (C=O) groups is 1. The van der Waals surface area contributed by atoms with Crippen LogP contribution in [0.15, 0.2) is 12.2 Å². The second-order valence-electron chi connectivity index (χ2n) is 9.01. The van der Waals surface area contributed by atoms with E-state index >= 15 is 0 Å². The second-order valence-corrected chi connectivity index (χ2v) is 10.6. The molecular formula is C24H42O6S. The summed E-state index contributed by atoms with van der Waals surface area (Å²) in [4.78, 5) is 11.4. The van der Waals surface area contributed by atoms with E-state index in [1.807, 2.05) is 0 Å². The van der Waals surface area contributed by atoms with Gasteiger partial charge in [0.25, 0.3) is 10.1 Å². The van der Waals surface area contributed by atoms with Gasteiger partial charge in [-0.2, -0.15) is 8.42 Å². The number of rotatable bonds is 16. The van der Waals surface area contributed by atoms with Crippen LogP contribution in [0.3, 0.4) is 0 Å². The molecule has 0 aliphatic carbocycles. The first kappa shape index (κ1) is 26.3. The van der Waals surface area contributed by atoms with Crippen LogP contribution in [0, 0.1) is 0 Å². The minimum atomic E-state index is -3.56. The van der Waals surface area contributed by atoms with Crippen LogP contribution in [-0.4, -0.2) is 45.1 Å². The van der Waals surface area contributed by atoms with Gasteiger partial charge in [0.15, 0.2) is 0 Å². The van der Waals surface area contributed by atoms with Crippen molar-refractivity contribution in [3.05, 3.63) is 12.2 Å². The zero-order valence-corrected chi connectivity index (χ0v) is 20.2. The van der Waals surface area contributed by atoms with Gasteiger partial charge in [0.1, 0.15) is 12.2 Å². The highest BCUT2D eigenvalue weighted by Crippen LogP contribution is 2.32. The molecule has 0 unspecified atom stereocenters. The van der Waals surface area contributed by atoms with Gasteiger partial charge in [-0.15, -0.1) is 0 Å². The average molecular weight is 459 g/mol. The number of carbonyl (C=O) groups excluding carboxylic acids is 1. The lowest BCUT2D eigenvalue weighted by molar-refractivity contribution is -0.147. The van der Waals surface area contributed by atoms with Crippen molar-refractivity contribution in [2.45, 2.75) is 128 Å². The Bertz CT molecular complexity index is 644. The minimum absolute atomic E-state index is 0.153. The van der Waals surface area contributed by atoms with E-state index in [1.54, 1.807) is 0 Å². The van der Waals surface area contributed by atoms with Crippen LogP contribution < -0.4 is 0 Å². The summed E-state index contributed by atoms with van der Waals surface area (Å²) in [5.41, 5.74) is 0. The Hall–Kier alpha value is -0.920. The molecule has 31 heavy (non-hydrogen) atoms. The number of ether oxygens (including phenoxy) is 2. The van der Waals surface area contributed by atoms with Crippen LogP contribution in [0.4, 0.5) is 0 Å². The molecule has 2 aliphatic heterocycles. The highest BCUT2D eigenvalue weighted by atomic mass is 32.2. The Kier molecular flexibility index (Phi) is 12.1. The van der Waals surface area contributed by atoms with Crippen LogP contribution in [-0.2, 0) is 28.6 Å². The van der Waals surface area contributed by atoms with Crippen LogP contribution in [0.25, 0.3) is 0 Å². The standard InChI is InChI=1S/C24H42O6S/c1-3-4-5-6-7-8-9-10-11-12-13-14-15-23(30-31(2,26)27)22-17-16-20(28-22)21-18-19-24(25)29-21/h12-13,20-23H,3-11,14-19H2,1-2H3/b13-12+/t20-,21-,22-,23+/m1/s1. The van der Waals surface area contributed by atoms with Crippen LogP contribution in [0.5, 0.6) is 0 Å². The van der Waals surface area contributed by atoms with Gasteiger partial charge in [-0.05, 0) is 44.9 Å². The van der Waals surface area contributed by atoms with Crippen molar-refractivity contribution in [1.82, 2.24) is 0 Å². The fourth-order valence-corrected chi connectivity index (χ4v) is 5.13. The summed E-state index contributed by atoms with van der Waals surface area (Å²) in [6, 6.07) is 0. The monoisotopic (exact) mass is 458 g/mol. The maximum atomic E-state index is 11.7. The van der Waals surface area contributed by atoms with Crippen molar-refractivity contribution in [3.8, 4) is 0 Å². The highest BCUT2D eigenvalue weighted by molar-refractivity contribution is 7.86.